The Bertz CT molecular complexity index is 898. The van der Waals surface area contributed by atoms with Gasteiger partial charge < -0.3 is 14.6 Å². The lowest BCUT2D eigenvalue weighted by molar-refractivity contribution is -0.147. The van der Waals surface area contributed by atoms with Crippen molar-refractivity contribution in [1.29, 1.82) is 5.26 Å². The first-order valence-electron chi connectivity index (χ1n) is 9.33. The fourth-order valence-corrected chi connectivity index (χ4v) is 3.23. The van der Waals surface area contributed by atoms with Crippen molar-refractivity contribution in [2.75, 3.05) is 19.7 Å². The average Bonchev–Trinajstić information content (AvgIpc) is 2.64. The summed E-state index contributed by atoms with van der Waals surface area (Å²) in [6.45, 7) is 6.76. The Morgan fingerprint density at radius 3 is 2.68 bits per heavy atom. The molecule has 0 unspecified atom stereocenters. The van der Waals surface area contributed by atoms with Gasteiger partial charge in [-0.2, -0.15) is 5.26 Å². The maximum absolute atomic E-state index is 10.9. The number of rotatable bonds is 8. The van der Waals surface area contributed by atoms with Crippen LogP contribution in [0.1, 0.15) is 29.2 Å². The Labute approximate surface area is 164 Å². The van der Waals surface area contributed by atoms with Crippen LogP contribution in [-0.4, -0.2) is 35.7 Å². The van der Waals surface area contributed by atoms with E-state index in [9.17, 15) is 10.1 Å². The number of likely N-dealkylation sites (tertiary alicyclic amines) is 1. The minimum absolute atomic E-state index is 0.240. The SMILES string of the molecule is CCOc1ccc(COc2ccc(CN3CC(C(=O)O)C3)c(C)c2)cc1C#N. The lowest BCUT2D eigenvalue weighted by Gasteiger charge is -2.36. The van der Waals surface area contributed by atoms with Crippen LogP contribution in [-0.2, 0) is 17.9 Å². The number of carbonyl (C=O) groups is 1. The highest BCUT2D eigenvalue weighted by atomic mass is 16.5. The molecule has 6 heteroatoms. The van der Waals surface area contributed by atoms with Gasteiger partial charge in [-0.3, -0.25) is 9.69 Å². The van der Waals surface area contributed by atoms with Crippen molar-refractivity contribution in [3.63, 3.8) is 0 Å². The molecule has 0 spiro atoms. The summed E-state index contributed by atoms with van der Waals surface area (Å²) in [6.07, 6.45) is 0. The molecule has 146 valence electrons. The quantitative estimate of drug-likeness (QED) is 0.756. The van der Waals surface area contributed by atoms with Crippen LogP contribution in [0, 0.1) is 24.2 Å². The lowest BCUT2D eigenvalue weighted by Crippen LogP contribution is -2.49. The van der Waals surface area contributed by atoms with E-state index in [1.807, 2.05) is 38.1 Å². The summed E-state index contributed by atoms with van der Waals surface area (Å²) in [5, 5.41) is 18.2. The van der Waals surface area contributed by atoms with Gasteiger partial charge in [0.05, 0.1) is 18.1 Å². The van der Waals surface area contributed by atoms with Crippen LogP contribution in [0.4, 0.5) is 0 Å². The van der Waals surface area contributed by atoms with Gasteiger partial charge in [0.25, 0.3) is 0 Å². The molecule has 2 aromatic carbocycles. The molecule has 28 heavy (non-hydrogen) atoms. The summed E-state index contributed by atoms with van der Waals surface area (Å²) in [4.78, 5) is 13.0. The van der Waals surface area contributed by atoms with Gasteiger partial charge in [-0.15, -0.1) is 0 Å². The first-order valence-corrected chi connectivity index (χ1v) is 9.33. The number of hydrogen-bond acceptors (Lipinski definition) is 5. The van der Waals surface area contributed by atoms with Crippen LogP contribution >= 0.6 is 0 Å². The van der Waals surface area contributed by atoms with Crippen molar-refractivity contribution in [2.45, 2.75) is 27.0 Å². The number of aryl methyl sites for hydroxylation is 1. The van der Waals surface area contributed by atoms with Crippen LogP contribution < -0.4 is 9.47 Å². The molecule has 0 aromatic heterocycles. The second-order valence-corrected chi connectivity index (χ2v) is 6.98. The Kier molecular flexibility index (Phi) is 6.17. The second-order valence-electron chi connectivity index (χ2n) is 6.98. The molecule has 0 atom stereocenters. The molecule has 6 nitrogen and oxygen atoms in total. The van der Waals surface area contributed by atoms with Gasteiger partial charge in [0.1, 0.15) is 24.2 Å². The van der Waals surface area contributed by atoms with Gasteiger partial charge in [-0.25, -0.2) is 0 Å². The Morgan fingerprint density at radius 2 is 2.04 bits per heavy atom. The van der Waals surface area contributed by atoms with Crippen molar-refractivity contribution < 1.29 is 19.4 Å². The van der Waals surface area contributed by atoms with Crippen molar-refractivity contribution in [1.82, 2.24) is 4.90 Å². The number of benzene rings is 2. The van der Waals surface area contributed by atoms with E-state index in [-0.39, 0.29) is 5.92 Å². The maximum atomic E-state index is 10.9. The topological polar surface area (TPSA) is 82.8 Å². The van der Waals surface area contributed by atoms with Crippen molar-refractivity contribution in [3.05, 3.63) is 58.7 Å². The molecular weight excluding hydrogens is 356 g/mol. The Morgan fingerprint density at radius 1 is 1.25 bits per heavy atom. The smallest absolute Gasteiger partial charge is 0.309 e. The van der Waals surface area contributed by atoms with E-state index in [1.165, 1.54) is 5.56 Å². The normalized spacial score (nSPS) is 14.2. The van der Waals surface area contributed by atoms with E-state index >= 15 is 0 Å². The standard InChI is InChI=1S/C22H24N2O4/c1-3-27-21-7-4-16(9-18(21)10-23)14-28-20-6-5-17(15(2)8-20)11-24-12-19(13-24)22(25)26/h4-9,19H,3,11-14H2,1-2H3,(H,25,26). The fraction of sp³-hybridized carbons (Fsp3) is 0.364. The second kappa shape index (κ2) is 8.77. The molecule has 0 radical (unpaired) electrons. The number of aliphatic carboxylic acids is 1. The van der Waals surface area contributed by atoms with E-state index in [2.05, 4.69) is 11.0 Å². The zero-order valence-corrected chi connectivity index (χ0v) is 16.1. The number of ether oxygens (including phenoxy) is 2. The highest BCUT2D eigenvalue weighted by Crippen LogP contribution is 2.24. The fourth-order valence-electron chi connectivity index (χ4n) is 3.23. The van der Waals surface area contributed by atoms with E-state index in [1.54, 1.807) is 12.1 Å². The molecule has 0 bridgehead atoms. The van der Waals surface area contributed by atoms with Crippen molar-refractivity contribution in [3.8, 4) is 17.6 Å². The monoisotopic (exact) mass is 380 g/mol. The molecule has 3 rings (SSSR count). The molecule has 0 aliphatic carbocycles. The summed E-state index contributed by atoms with van der Waals surface area (Å²) in [5.74, 6) is 0.395. The third-order valence-corrected chi connectivity index (χ3v) is 4.88. The summed E-state index contributed by atoms with van der Waals surface area (Å²) >= 11 is 0. The zero-order chi connectivity index (χ0) is 20.1. The first-order chi connectivity index (χ1) is 13.5. The third-order valence-electron chi connectivity index (χ3n) is 4.88. The highest BCUT2D eigenvalue weighted by Gasteiger charge is 2.32. The van der Waals surface area contributed by atoms with Gasteiger partial charge in [-0.05, 0) is 54.8 Å². The maximum Gasteiger partial charge on any atom is 0.309 e. The molecule has 1 aliphatic heterocycles. The number of nitriles is 1. The molecule has 1 aliphatic rings. The average molecular weight is 380 g/mol. The molecular formula is C22H24N2O4. The Balaban J connectivity index is 1.58. The minimum Gasteiger partial charge on any atom is -0.492 e. The Hall–Kier alpha value is -3.04. The van der Waals surface area contributed by atoms with E-state index < -0.39 is 5.97 Å². The van der Waals surface area contributed by atoms with E-state index in [0.717, 1.165) is 23.4 Å². The molecule has 0 amide bonds. The minimum atomic E-state index is -0.717. The highest BCUT2D eigenvalue weighted by molar-refractivity contribution is 5.71. The number of hydrogen-bond donors (Lipinski definition) is 1. The van der Waals surface area contributed by atoms with Gasteiger partial charge in [0, 0.05) is 19.6 Å². The summed E-state index contributed by atoms with van der Waals surface area (Å²) < 4.78 is 11.3. The molecule has 1 saturated heterocycles. The van der Waals surface area contributed by atoms with Gasteiger partial charge in [0.2, 0.25) is 0 Å². The predicted octanol–water partition coefficient (Wildman–Crippen LogP) is 3.36. The van der Waals surface area contributed by atoms with Crippen LogP contribution in [0.15, 0.2) is 36.4 Å². The van der Waals surface area contributed by atoms with Crippen LogP contribution in [0.2, 0.25) is 0 Å². The number of carboxylic acids is 1. The summed E-state index contributed by atoms with van der Waals surface area (Å²) in [5.41, 5.74) is 3.69. The number of carboxylic acid groups (broad SMARTS) is 1. The van der Waals surface area contributed by atoms with Gasteiger partial charge in [0.15, 0.2) is 0 Å². The molecule has 1 N–H and O–H groups in total. The first kappa shape index (κ1) is 19.7. The zero-order valence-electron chi connectivity index (χ0n) is 16.1. The molecule has 1 heterocycles. The molecule has 2 aromatic rings. The third kappa shape index (κ3) is 4.62. The van der Waals surface area contributed by atoms with Crippen molar-refractivity contribution >= 4 is 5.97 Å². The molecule has 0 saturated carbocycles. The summed E-state index contributed by atoms with van der Waals surface area (Å²) in [6, 6.07) is 13.6. The van der Waals surface area contributed by atoms with Gasteiger partial charge in [-0.1, -0.05) is 12.1 Å². The summed E-state index contributed by atoms with van der Waals surface area (Å²) in [7, 11) is 0. The van der Waals surface area contributed by atoms with Crippen LogP contribution in [0.5, 0.6) is 11.5 Å². The predicted molar refractivity (Wildman–Crippen MR) is 104 cm³/mol. The lowest BCUT2D eigenvalue weighted by atomic mass is 9.98. The largest absolute Gasteiger partial charge is 0.492 e. The molecule has 1 fully saturated rings. The van der Waals surface area contributed by atoms with Crippen LogP contribution in [0.25, 0.3) is 0 Å². The van der Waals surface area contributed by atoms with E-state index in [0.29, 0.717) is 37.6 Å². The number of nitrogens with zero attached hydrogens (tertiary/aromatic N) is 2. The van der Waals surface area contributed by atoms with E-state index in [4.69, 9.17) is 14.6 Å². The van der Waals surface area contributed by atoms with Crippen molar-refractivity contribution in [2.24, 2.45) is 5.92 Å². The van der Waals surface area contributed by atoms with Crippen LogP contribution in [0.3, 0.4) is 0 Å². The van der Waals surface area contributed by atoms with Gasteiger partial charge >= 0.3 is 5.97 Å².